The summed E-state index contributed by atoms with van der Waals surface area (Å²) in [6.45, 7) is 6.62. The second kappa shape index (κ2) is 7.19. The number of nitrogens with zero attached hydrogens (tertiary/aromatic N) is 3. The molecule has 1 amide bonds. The Kier molecular flexibility index (Phi) is 5.29. The Bertz CT molecular complexity index is 688. The summed E-state index contributed by atoms with van der Waals surface area (Å²) in [6, 6.07) is 7.89. The Labute approximate surface area is 135 Å². The lowest BCUT2D eigenvalue weighted by atomic mass is 10.1. The minimum absolute atomic E-state index is 0.0635. The van der Waals surface area contributed by atoms with Gasteiger partial charge in [0, 0.05) is 24.0 Å². The van der Waals surface area contributed by atoms with Crippen molar-refractivity contribution in [2.24, 2.45) is 5.92 Å². The Hall–Kier alpha value is -2.19. The lowest BCUT2D eigenvalue weighted by molar-refractivity contribution is 0.0751. The van der Waals surface area contributed by atoms with E-state index in [0.29, 0.717) is 18.7 Å². The van der Waals surface area contributed by atoms with Crippen LogP contribution >= 0.6 is 11.3 Å². The van der Waals surface area contributed by atoms with Crippen LogP contribution in [0.5, 0.6) is 0 Å². The van der Waals surface area contributed by atoms with E-state index in [4.69, 9.17) is 5.26 Å². The highest BCUT2D eigenvalue weighted by molar-refractivity contribution is 7.08. The number of thiophene rings is 1. The van der Waals surface area contributed by atoms with Crippen LogP contribution < -0.4 is 0 Å². The van der Waals surface area contributed by atoms with E-state index in [1.165, 1.54) is 0 Å². The van der Waals surface area contributed by atoms with Crippen LogP contribution in [-0.2, 0) is 0 Å². The molecule has 0 saturated carbocycles. The molecule has 0 fully saturated rings. The first-order valence-electron chi connectivity index (χ1n) is 7.26. The Balaban J connectivity index is 2.25. The second-order valence-electron chi connectivity index (χ2n) is 5.22. The smallest absolute Gasteiger partial charge is 0.255 e. The van der Waals surface area contributed by atoms with E-state index in [2.05, 4.69) is 11.1 Å². The van der Waals surface area contributed by atoms with E-state index in [1.54, 1.807) is 16.2 Å². The molecule has 1 unspecified atom stereocenters. The molecule has 0 N–H and O–H groups in total. The van der Waals surface area contributed by atoms with E-state index >= 15 is 0 Å². The van der Waals surface area contributed by atoms with Gasteiger partial charge in [-0.05, 0) is 44.4 Å². The summed E-state index contributed by atoms with van der Waals surface area (Å²) in [5.74, 6) is -0.242. The van der Waals surface area contributed by atoms with Crippen molar-refractivity contribution in [1.82, 2.24) is 9.88 Å². The van der Waals surface area contributed by atoms with Crippen LogP contribution in [-0.4, -0.2) is 28.9 Å². The van der Waals surface area contributed by atoms with Crippen LogP contribution in [0, 0.1) is 24.2 Å². The summed E-state index contributed by atoms with van der Waals surface area (Å²) in [5, 5.41) is 13.0. The van der Waals surface area contributed by atoms with Crippen LogP contribution in [0.15, 0.2) is 29.0 Å². The third kappa shape index (κ3) is 3.52. The number of hydrogen-bond acceptors (Lipinski definition) is 4. The Morgan fingerprint density at radius 2 is 2.23 bits per heavy atom. The molecule has 2 heterocycles. The summed E-state index contributed by atoms with van der Waals surface area (Å²) in [7, 11) is 0. The number of carbonyl (C=O) groups is 1. The monoisotopic (exact) mass is 313 g/mol. The lowest BCUT2D eigenvalue weighted by Gasteiger charge is -2.22. The fourth-order valence-electron chi connectivity index (χ4n) is 2.26. The first-order chi connectivity index (χ1) is 10.6. The highest BCUT2D eigenvalue weighted by Gasteiger charge is 2.19. The van der Waals surface area contributed by atoms with Crippen LogP contribution in [0.1, 0.15) is 29.9 Å². The maximum Gasteiger partial charge on any atom is 0.255 e. The average molecular weight is 313 g/mol. The minimum Gasteiger partial charge on any atom is -0.338 e. The summed E-state index contributed by atoms with van der Waals surface area (Å²) in [4.78, 5) is 18.9. The molecule has 0 aliphatic heterocycles. The van der Waals surface area contributed by atoms with Crippen molar-refractivity contribution < 1.29 is 4.79 Å². The fraction of sp³-hybridized carbons (Fsp3) is 0.353. The maximum absolute atomic E-state index is 12.6. The summed E-state index contributed by atoms with van der Waals surface area (Å²) in [6.07, 6.45) is 0. The van der Waals surface area contributed by atoms with Crippen molar-refractivity contribution in [3.63, 3.8) is 0 Å². The zero-order valence-corrected chi connectivity index (χ0v) is 13.9. The second-order valence-corrected chi connectivity index (χ2v) is 6.00. The average Bonchev–Trinajstić information content (AvgIpc) is 3.06. The highest BCUT2D eigenvalue weighted by Crippen LogP contribution is 2.22. The van der Waals surface area contributed by atoms with Crippen molar-refractivity contribution in [3.8, 4) is 17.3 Å². The standard InChI is InChI=1S/C17H19N3OS/c1-4-20(10-12(2)9-18)17(21)15-5-6-16(19-13(15)3)14-7-8-22-11-14/h5-8,11-12H,4,10H2,1-3H3. The third-order valence-electron chi connectivity index (χ3n) is 3.52. The van der Waals surface area contributed by atoms with E-state index < -0.39 is 0 Å². The number of carbonyl (C=O) groups excluding carboxylic acids is 1. The summed E-state index contributed by atoms with van der Waals surface area (Å²) < 4.78 is 0. The molecule has 0 saturated heterocycles. The van der Waals surface area contributed by atoms with Gasteiger partial charge in [0.25, 0.3) is 5.91 Å². The van der Waals surface area contributed by atoms with Crippen molar-refractivity contribution in [1.29, 1.82) is 5.26 Å². The van der Waals surface area contributed by atoms with Crippen LogP contribution in [0.3, 0.4) is 0 Å². The van der Waals surface area contributed by atoms with Gasteiger partial charge in [0.2, 0.25) is 0 Å². The molecule has 114 valence electrons. The molecule has 4 nitrogen and oxygen atoms in total. The molecule has 0 aromatic carbocycles. The number of pyridine rings is 1. The predicted molar refractivity (Wildman–Crippen MR) is 88.6 cm³/mol. The van der Waals surface area contributed by atoms with Gasteiger partial charge in [0.15, 0.2) is 0 Å². The molecule has 22 heavy (non-hydrogen) atoms. The molecule has 5 heteroatoms. The molecule has 2 rings (SSSR count). The fourth-order valence-corrected chi connectivity index (χ4v) is 2.91. The summed E-state index contributed by atoms with van der Waals surface area (Å²) >= 11 is 1.62. The number of nitriles is 1. The molecule has 0 aliphatic rings. The van der Waals surface area contributed by atoms with Gasteiger partial charge in [-0.2, -0.15) is 16.6 Å². The first-order valence-corrected chi connectivity index (χ1v) is 8.20. The molecular weight excluding hydrogens is 294 g/mol. The SMILES string of the molecule is CCN(CC(C)C#N)C(=O)c1ccc(-c2ccsc2)nc1C. The number of aromatic nitrogens is 1. The molecule has 0 aliphatic carbocycles. The van der Waals surface area contributed by atoms with Gasteiger partial charge in [-0.25, -0.2) is 0 Å². The van der Waals surface area contributed by atoms with Gasteiger partial charge >= 0.3 is 0 Å². The molecule has 2 aromatic heterocycles. The quantitative estimate of drug-likeness (QED) is 0.845. The Morgan fingerprint density at radius 1 is 1.45 bits per heavy atom. The zero-order chi connectivity index (χ0) is 16.1. The van der Waals surface area contributed by atoms with E-state index in [0.717, 1.165) is 17.0 Å². The Morgan fingerprint density at radius 3 is 2.77 bits per heavy atom. The first kappa shape index (κ1) is 16.2. The molecule has 0 radical (unpaired) electrons. The van der Waals surface area contributed by atoms with Crippen LogP contribution in [0.4, 0.5) is 0 Å². The number of aryl methyl sites for hydroxylation is 1. The van der Waals surface area contributed by atoms with Gasteiger partial charge in [-0.15, -0.1) is 0 Å². The van der Waals surface area contributed by atoms with Gasteiger partial charge in [0.05, 0.1) is 28.9 Å². The highest BCUT2D eigenvalue weighted by atomic mass is 32.1. The van der Waals surface area contributed by atoms with Gasteiger partial charge in [-0.1, -0.05) is 0 Å². The minimum atomic E-state index is -0.178. The third-order valence-corrected chi connectivity index (χ3v) is 4.20. The van der Waals surface area contributed by atoms with E-state index in [-0.39, 0.29) is 11.8 Å². The number of amides is 1. The van der Waals surface area contributed by atoms with Crippen molar-refractivity contribution in [3.05, 3.63) is 40.2 Å². The predicted octanol–water partition coefficient (Wildman–Crippen LogP) is 3.74. The number of rotatable bonds is 5. The largest absolute Gasteiger partial charge is 0.338 e. The van der Waals surface area contributed by atoms with Crippen LogP contribution in [0.2, 0.25) is 0 Å². The molecular formula is C17H19N3OS. The molecule has 0 spiro atoms. The molecule has 2 aromatic rings. The zero-order valence-electron chi connectivity index (χ0n) is 13.0. The van der Waals surface area contributed by atoms with Gasteiger partial charge in [0.1, 0.15) is 0 Å². The van der Waals surface area contributed by atoms with Crippen molar-refractivity contribution in [2.75, 3.05) is 13.1 Å². The van der Waals surface area contributed by atoms with Crippen molar-refractivity contribution >= 4 is 17.2 Å². The van der Waals surface area contributed by atoms with Crippen LogP contribution in [0.25, 0.3) is 11.3 Å². The van der Waals surface area contributed by atoms with E-state index in [9.17, 15) is 4.79 Å². The van der Waals surface area contributed by atoms with Crippen molar-refractivity contribution in [2.45, 2.75) is 20.8 Å². The van der Waals surface area contributed by atoms with Gasteiger partial charge < -0.3 is 4.90 Å². The molecule has 0 bridgehead atoms. The topological polar surface area (TPSA) is 57.0 Å². The van der Waals surface area contributed by atoms with Gasteiger partial charge in [-0.3, -0.25) is 9.78 Å². The molecule has 1 atom stereocenters. The maximum atomic E-state index is 12.6. The lowest BCUT2D eigenvalue weighted by Crippen LogP contribution is -2.34. The normalized spacial score (nSPS) is 11.7. The van der Waals surface area contributed by atoms with E-state index in [1.807, 2.05) is 49.7 Å². The summed E-state index contributed by atoms with van der Waals surface area (Å²) in [5.41, 5.74) is 3.27. The number of hydrogen-bond donors (Lipinski definition) is 0.